The van der Waals surface area contributed by atoms with Gasteiger partial charge < -0.3 is 9.64 Å². The summed E-state index contributed by atoms with van der Waals surface area (Å²) in [6.07, 6.45) is 1.28. The van der Waals surface area contributed by atoms with Crippen LogP contribution in [0, 0.1) is 19.8 Å². The summed E-state index contributed by atoms with van der Waals surface area (Å²) in [6, 6.07) is 6.03. The minimum absolute atomic E-state index is 0.0355. The molecule has 8 nitrogen and oxygen atoms in total. The first kappa shape index (κ1) is 21.3. The van der Waals surface area contributed by atoms with E-state index in [1.807, 2.05) is 50.8 Å². The van der Waals surface area contributed by atoms with Crippen molar-refractivity contribution < 1.29 is 14.3 Å². The van der Waals surface area contributed by atoms with Crippen molar-refractivity contribution >= 4 is 23.6 Å². The van der Waals surface area contributed by atoms with Gasteiger partial charge in [0.15, 0.2) is 0 Å². The number of carbonyl (C=O) groups is 2. The summed E-state index contributed by atoms with van der Waals surface area (Å²) in [5, 5.41) is 12.3. The number of tetrazole rings is 1. The quantitative estimate of drug-likeness (QED) is 0.527. The normalized spacial score (nSPS) is 15.9. The molecule has 9 heteroatoms. The lowest BCUT2D eigenvalue weighted by Gasteiger charge is -2.32. The zero-order valence-corrected chi connectivity index (χ0v) is 18.1. The van der Waals surface area contributed by atoms with Crippen LogP contribution in [0.3, 0.4) is 0 Å². The highest BCUT2D eigenvalue weighted by molar-refractivity contribution is 8.00. The molecule has 0 saturated carbocycles. The van der Waals surface area contributed by atoms with Crippen molar-refractivity contribution in [2.45, 2.75) is 50.9 Å². The van der Waals surface area contributed by atoms with Gasteiger partial charge in [-0.2, -0.15) is 4.68 Å². The van der Waals surface area contributed by atoms with Crippen molar-refractivity contribution in [3.8, 4) is 5.69 Å². The van der Waals surface area contributed by atoms with Crippen molar-refractivity contribution in [3.63, 3.8) is 0 Å². The number of hydrogen-bond donors (Lipinski definition) is 0. The van der Waals surface area contributed by atoms with Gasteiger partial charge in [-0.1, -0.05) is 30.0 Å². The maximum atomic E-state index is 12.9. The molecule has 3 rings (SSSR count). The maximum absolute atomic E-state index is 12.9. The summed E-state index contributed by atoms with van der Waals surface area (Å²) in [5.74, 6) is -0.235. The van der Waals surface area contributed by atoms with E-state index in [0.717, 1.165) is 16.8 Å². The maximum Gasteiger partial charge on any atom is 0.309 e. The summed E-state index contributed by atoms with van der Waals surface area (Å²) in [5.41, 5.74) is 3.08. The van der Waals surface area contributed by atoms with Gasteiger partial charge in [-0.25, -0.2) is 0 Å². The molecule has 0 radical (unpaired) electrons. The number of hydrogen-bond acceptors (Lipinski definition) is 7. The van der Waals surface area contributed by atoms with Gasteiger partial charge >= 0.3 is 5.97 Å². The fourth-order valence-electron chi connectivity index (χ4n) is 3.59. The number of aromatic nitrogens is 4. The summed E-state index contributed by atoms with van der Waals surface area (Å²) in [6.45, 7) is 9.22. The number of para-hydroxylation sites is 1. The molecule has 1 amide bonds. The minimum Gasteiger partial charge on any atom is -0.466 e. The third-order valence-electron chi connectivity index (χ3n) is 5.15. The molecule has 0 aliphatic carbocycles. The molecular formula is C20H27N5O3S. The van der Waals surface area contributed by atoms with E-state index in [1.54, 1.807) is 4.68 Å². The number of amides is 1. The van der Waals surface area contributed by atoms with Crippen molar-refractivity contribution in [3.05, 3.63) is 29.3 Å². The van der Waals surface area contributed by atoms with Crippen LogP contribution in [0.25, 0.3) is 5.69 Å². The van der Waals surface area contributed by atoms with E-state index in [-0.39, 0.29) is 23.0 Å². The molecule has 1 aromatic carbocycles. The monoisotopic (exact) mass is 417 g/mol. The summed E-state index contributed by atoms with van der Waals surface area (Å²) >= 11 is 1.35. The minimum atomic E-state index is -0.330. The Kier molecular flexibility index (Phi) is 6.89. The first-order valence-electron chi connectivity index (χ1n) is 9.89. The second-order valence-corrected chi connectivity index (χ2v) is 8.53. The standard InChI is InChI=1S/C20H27N5O3S/c1-5-28-19(27)16-9-11-24(12-10-16)18(26)15(4)29-20-21-22-23-25(20)17-13(2)7-6-8-14(17)3/h6-8,15-16H,5,9-12H2,1-4H3. The Labute approximate surface area is 175 Å². The predicted molar refractivity (Wildman–Crippen MR) is 110 cm³/mol. The molecule has 1 aliphatic rings. The highest BCUT2D eigenvalue weighted by Gasteiger charge is 2.31. The van der Waals surface area contributed by atoms with Crippen molar-refractivity contribution in [1.82, 2.24) is 25.1 Å². The number of esters is 1. The lowest BCUT2D eigenvalue weighted by atomic mass is 9.97. The number of benzene rings is 1. The molecule has 156 valence electrons. The number of rotatable bonds is 6. The lowest BCUT2D eigenvalue weighted by molar-refractivity contribution is -0.151. The number of ether oxygens (including phenoxy) is 1. The molecule has 1 aromatic heterocycles. The highest BCUT2D eigenvalue weighted by Crippen LogP contribution is 2.28. The van der Waals surface area contributed by atoms with E-state index in [4.69, 9.17) is 4.74 Å². The SMILES string of the molecule is CCOC(=O)C1CCN(C(=O)C(C)Sc2nnnn2-c2c(C)cccc2C)CC1. The average Bonchev–Trinajstić information content (AvgIpc) is 3.15. The molecule has 0 bridgehead atoms. The Hall–Kier alpha value is -2.42. The van der Waals surface area contributed by atoms with Crippen molar-refractivity contribution in [1.29, 1.82) is 0 Å². The first-order valence-corrected chi connectivity index (χ1v) is 10.8. The van der Waals surface area contributed by atoms with E-state index in [1.165, 1.54) is 11.8 Å². The van der Waals surface area contributed by atoms with Gasteiger partial charge in [-0.15, -0.1) is 5.10 Å². The second-order valence-electron chi connectivity index (χ2n) is 7.23. The third kappa shape index (κ3) is 4.77. The molecule has 2 heterocycles. The van der Waals surface area contributed by atoms with Crippen LogP contribution in [0.1, 0.15) is 37.8 Å². The summed E-state index contributed by atoms with van der Waals surface area (Å²) in [4.78, 5) is 26.6. The molecule has 0 spiro atoms. The highest BCUT2D eigenvalue weighted by atomic mass is 32.2. The van der Waals surface area contributed by atoms with E-state index in [9.17, 15) is 9.59 Å². The van der Waals surface area contributed by atoms with Crippen LogP contribution < -0.4 is 0 Å². The molecule has 2 aromatic rings. The number of likely N-dealkylation sites (tertiary alicyclic amines) is 1. The van der Waals surface area contributed by atoms with Crippen molar-refractivity contribution in [2.24, 2.45) is 5.92 Å². The number of nitrogens with zero attached hydrogens (tertiary/aromatic N) is 5. The van der Waals surface area contributed by atoms with Gasteiger partial charge in [0.1, 0.15) is 0 Å². The van der Waals surface area contributed by atoms with Gasteiger partial charge in [-0.05, 0) is 62.1 Å². The average molecular weight is 418 g/mol. The van der Waals surface area contributed by atoms with Gasteiger partial charge in [0.2, 0.25) is 11.1 Å². The van der Waals surface area contributed by atoms with Crippen LogP contribution >= 0.6 is 11.8 Å². The zero-order chi connectivity index (χ0) is 21.0. The van der Waals surface area contributed by atoms with Crippen LogP contribution in [-0.4, -0.2) is 61.9 Å². The van der Waals surface area contributed by atoms with E-state index < -0.39 is 0 Å². The van der Waals surface area contributed by atoms with Crippen LogP contribution in [0.2, 0.25) is 0 Å². The number of thioether (sulfide) groups is 1. The summed E-state index contributed by atoms with van der Waals surface area (Å²) in [7, 11) is 0. The molecule has 1 saturated heterocycles. The second kappa shape index (κ2) is 9.39. The Bertz CT molecular complexity index is 857. The van der Waals surface area contributed by atoms with Gasteiger partial charge in [0.25, 0.3) is 0 Å². The zero-order valence-electron chi connectivity index (χ0n) is 17.3. The van der Waals surface area contributed by atoms with Gasteiger partial charge in [0, 0.05) is 13.1 Å². The predicted octanol–water partition coefficient (Wildman–Crippen LogP) is 2.56. The van der Waals surface area contributed by atoms with Gasteiger partial charge in [0.05, 0.1) is 23.5 Å². The Morgan fingerprint density at radius 2 is 1.90 bits per heavy atom. The first-order chi connectivity index (χ1) is 13.9. The molecule has 1 fully saturated rings. The number of aryl methyl sites for hydroxylation is 2. The van der Waals surface area contributed by atoms with Crippen LogP contribution in [-0.2, 0) is 14.3 Å². The van der Waals surface area contributed by atoms with Crippen LogP contribution in [0.5, 0.6) is 0 Å². The van der Waals surface area contributed by atoms with E-state index >= 15 is 0 Å². The van der Waals surface area contributed by atoms with E-state index in [0.29, 0.717) is 37.7 Å². The van der Waals surface area contributed by atoms with Crippen molar-refractivity contribution in [2.75, 3.05) is 19.7 Å². The van der Waals surface area contributed by atoms with Crippen LogP contribution in [0.4, 0.5) is 0 Å². The lowest BCUT2D eigenvalue weighted by Crippen LogP contribution is -2.43. The largest absolute Gasteiger partial charge is 0.466 e. The summed E-state index contributed by atoms with van der Waals surface area (Å²) < 4.78 is 6.80. The Morgan fingerprint density at radius 3 is 2.52 bits per heavy atom. The molecular weight excluding hydrogens is 390 g/mol. The number of piperidine rings is 1. The molecule has 29 heavy (non-hydrogen) atoms. The topological polar surface area (TPSA) is 90.2 Å². The van der Waals surface area contributed by atoms with Crippen LogP contribution in [0.15, 0.2) is 23.4 Å². The fraction of sp³-hybridized carbons (Fsp3) is 0.550. The third-order valence-corrected chi connectivity index (χ3v) is 6.17. The Morgan fingerprint density at radius 1 is 1.24 bits per heavy atom. The van der Waals surface area contributed by atoms with E-state index in [2.05, 4.69) is 15.5 Å². The fourth-order valence-corrected chi connectivity index (χ4v) is 4.47. The molecule has 1 atom stereocenters. The molecule has 1 unspecified atom stereocenters. The molecule has 0 N–H and O–H groups in total. The smallest absolute Gasteiger partial charge is 0.309 e. The Balaban J connectivity index is 1.65. The number of carbonyl (C=O) groups excluding carboxylic acids is 2. The van der Waals surface area contributed by atoms with Gasteiger partial charge in [-0.3, -0.25) is 9.59 Å². The molecule has 1 aliphatic heterocycles.